The highest BCUT2D eigenvalue weighted by atomic mass is 32.2. The van der Waals surface area contributed by atoms with Crippen LogP contribution in [0.2, 0.25) is 0 Å². The van der Waals surface area contributed by atoms with Crippen molar-refractivity contribution in [3.8, 4) is 11.4 Å². The lowest BCUT2D eigenvalue weighted by Gasteiger charge is -2.12. The molecular formula is C18H16F5N7O2S. The number of alkyl halides is 5. The molecule has 0 amide bonds. The summed E-state index contributed by atoms with van der Waals surface area (Å²) >= 11 is 0. The van der Waals surface area contributed by atoms with E-state index in [1.54, 1.807) is 0 Å². The van der Waals surface area contributed by atoms with E-state index in [0.717, 1.165) is 27.4 Å². The summed E-state index contributed by atoms with van der Waals surface area (Å²) < 4.78 is 93.4. The Hall–Kier alpha value is -3.36. The van der Waals surface area contributed by atoms with Crippen molar-refractivity contribution in [2.75, 3.05) is 17.6 Å². The summed E-state index contributed by atoms with van der Waals surface area (Å²) in [4.78, 5) is 8.15. The quantitative estimate of drug-likeness (QED) is 0.414. The van der Waals surface area contributed by atoms with Crippen molar-refractivity contribution in [3.05, 3.63) is 36.2 Å². The molecule has 0 aromatic carbocycles. The van der Waals surface area contributed by atoms with Crippen LogP contribution in [0.4, 0.5) is 27.8 Å². The van der Waals surface area contributed by atoms with Crippen molar-refractivity contribution in [2.45, 2.75) is 31.0 Å². The number of sulfone groups is 1. The molecule has 33 heavy (non-hydrogen) atoms. The Balaban J connectivity index is 1.95. The molecule has 1 N–H and O–H groups in total. The van der Waals surface area contributed by atoms with Gasteiger partial charge in [-0.05, 0) is 18.2 Å². The van der Waals surface area contributed by atoms with Gasteiger partial charge in [0.15, 0.2) is 32.0 Å². The van der Waals surface area contributed by atoms with E-state index in [-0.39, 0.29) is 34.3 Å². The van der Waals surface area contributed by atoms with Crippen molar-refractivity contribution in [1.29, 1.82) is 0 Å². The number of aromatic nitrogens is 6. The first-order valence-corrected chi connectivity index (χ1v) is 11.1. The van der Waals surface area contributed by atoms with Gasteiger partial charge in [-0.25, -0.2) is 31.7 Å². The summed E-state index contributed by atoms with van der Waals surface area (Å²) in [5.74, 6) is -3.63. The number of nitrogens with zero attached hydrogens (tertiary/aromatic N) is 6. The van der Waals surface area contributed by atoms with E-state index in [1.807, 2.05) is 0 Å². The van der Waals surface area contributed by atoms with Gasteiger partial charge in [-0.3, -0.25) is 0 Å². The minimum Gasteiger partial charge on any atom is -0.364 e. The van der Waals surface area contributed by atoms with Crippen LogP contribution >= 0.6 is 0 Å². The van der Waals surface area contributed by atoms with Crippen molar-refractivity contribution < 1.29 is 30.4 Å². The molecule has 0 atom stereocenters. The van der Waals surface area contributed by atoms with Crippen molar-refractivity contribution in [2.24, 2.45) is 0 Å². The van der Waals surface area contributed by atoms with E-state index in [1.165, 1.54) is 19.2 Å². The molecule has 0 aliphatic heterocycles. The number of anilines is 1. The number of nitrogens with one attached hydrogen (secondary N) is 1. The fraction of sp³-hybridized carbons (Fsp3) is 0.333. The maximum Gasteiger partial charge on any atom is 0.416 e. The molecular weight excluding hydrogens is 473 g/mol. The maximum atomic E-state index is 13.3. The average molecular weight is 489 g/mol. The summed E-state index contributed by atoms with van der Waals surface area (Å²) in [6.45, 7) is 1.32. The molecule has 0 saturated carbocycles. The molecule has 4 aromatic heterocycles. The third kappa shape index (κ3) is 4.31. The second-order valence-electron chi connectivity index (χ2n) is 7.22. The predicted molar refractivity (Wildman–Crippen MR) is 107 cm³/mol. The fourth-order valence-electron chi connectivity index (χ4n) is 3.02. The molecule has 0 aliphatic rings. The topological polar surface area (TPSA) is 107 Å². The van der Waals surface area contributed by atoms with Gasteiger partial charge in [0, 0.05) is 19.3 Å². The predicted octanol–water partition coefficient (Wildman–Crippen LogP) is 3.32. The first-order chi connectivity index (χ1) is 15.3. The summed E-state index contributed by atoms with van der Waals surface area (Å²) in [6.07, 6.45) is -2.33. The molecule has 0 spiro atoms. The van der Waals surface area contributed by atoms with Crippen molar-refractivity contribution in [1.82, 2.24) is 29.2 Å². The van der Waals surface area contributed by atoms with E-state index >= 15 is 0 Å². The molecule has 15 heteroatoms. The zero-order valence-electron chi connectivity index (χ0n) is 17.1. The molecule has 0 bridgehead atoms. The SMILES string of the molecule is CCS(=O)(=O)c1nn2c(NCC(C)(F)F)ccnc2c1-c1nc2cc(C(F)(F)F)ccn2n1. The molecule has 9 nitrogen and oxygen atoms in total. The number of hydrogen-bond donors (Lipinski definition) is 1. The monoisotopic (exact) mass is 489 g/mol. The Kier molecular flexibility index (Phi) is 5.26. The number of rotatable bonds is 6. The average Bonchev–Trinajstić information content (AvgIpc) is 3.32. The van der Waals surface area contributed by atoms with Gasteiger partial charge in [0.1, 0.15) is 11.4 Å². The normalized spacial score (nSPS) is 13.2. The molecule has 0 aliphatic carbocycles. The lowest BCUT2D eigenvalue weighted by Crippen LogP contribution is -2.24. The molecule has 176 valence electrons. The van der Waals surface area contributed by atoms with Crippen LogP contribution in [0.25, 0.3) is 22.7 Å². The Morgan fingerprint density at radius 1 is 1.12 bits per heavy atom. The van der Waals surface area contributed by atoms with Crippen LogP contribution in [-0.4, -0.2) is 55.8 Å². The smallest absolute Gasteiger partial charge is 0.364 e. The number of fused-ring (bicyclic) bond motifs is 2. The lowest BCUT2D eigenvalue weighted by atomic mass is 10.2. The first-order valence-electron chi connectivity index (χ1n) is 9.46. The van der Waals surface area contributed by atoms with Crippen molar-refractivity contribution in [3.63, 3.8) is 0 Å². The van der Waals surface area contributed by atoms with Gasteiger partial charge in [0.25, 0.3) is 5.92 Å². The van der Waals surface area contributed by atoms with E-state index < -0.39 is 39.1 Å². The molecule has 0 saturated heterocycles. The Bertz CT molecular complexity index is 1450. The molecule has 0 radical (unpaired) electrons. The third-order valence-electron chi connectivity index (χ3n) is 4.63. The molecule has 0 fully saturated rings. The van der Waals surface area contributed by atoms with Gasteiger partial charge in [-0.1, -0.05) is 6.92 Å². The highest BCUT2D eigenvalue weighted by Gasteiger charge is 2.32. The van der Waals surface area contributed by atoms with Gasteiger partial charge in [-0.15, -0.1) is 5.10 Å². The van der Waals surface area contributed by atoms with Gasteiger partial charge >= 0.3 is 6.18 Å². The van der Waals surface area contributed by atoms with Gasteiger partial charge < -0.3 is 5.32 Å². The Labute approximate surface area is 183 Å². The van der Waals surface area contributed by atoms with Gasteiger partial charge in [0.2, 0.25) is 0 Å². The van der Waals surface area contributed by atoms with Crippen molar-refractivity contribution >= 4 is 26.9 Å². The molecule has 4 rings (SSSR count). The highest BCUT2D eigenvalue weighted by molar-refractivity contribution is 7.91. The standard InChI is InChI=1S/C18H16F5N7O2S/c1-3-33(31,32)16-13(14-26-12-8-10(18(21,22)23)5-7-29(12)27-14)15-24-6-4-11(30(15)28-16)25-9-17(2,19)20/h4-8,25H,3,9H2,1-2H3. The van der Waals surface area contributed by atoms with E-state index in [2.05, 4.69) is 25.5 Å². The number of pyridine rings is 1. The summed E-state index contributed by atoms with van der Waals surface area (Å²) in [7, 11) is -3.98. The zero-order valence-corrected chi connectivity index (χ0v) is 17.9. The number of halogens is 5. The van der Waals surface area contributed by atoms with E-state index in [9.17, 15) is 30.4 Å². The third-order valence-corrected chi connectivity index (χ3v) is 6.26. The highest BCUT2D eigenvalue weighted by Crippen LogP contribution is 2.33. The van der Waals surface area contributed by atoms with Crippen LogP contribution in [0.15, 0.2) is 35.6 Å². The van der Waals surface area contributed by atoms with Crippen LogP contribution < -0.4 is 5.32 Å². The Morgan fingerprint density at radius 2 is 1.85 bits per heavy atom. The lowest BCUT2D eigenvalue weighted by molar-refractivity contribution is -0.137. The van der Waals surface area contributed by atoms with Gasteiger partial charge in [0.05, 0.1) is 17.9 Å². The second kappa shape index (κ2) is 7.60. The number of hydrogen-bond acceptors (Lipinski definition) is 7. The summed E-state index contributed by atoms with van der Waals surface area (Å²) in [5, 5.41) is 10.2. The minimum atomic E-state index is -4.61. The Morgan fingerprint density at radius 3 is 2.48 bits per heavy atom. The molecule has 0 unspecified atom stereocenters. The summed E-state index contributed by atoms with van der Waals surface area (Å²) in [6, 6.07) is 2.89. The second-order valence-corrected chi connectivity index (χ2v) is 9.42. The van der Waals surface area contributed by atoms with Crippen LogP contribution in [-0.2, 0) is 16.0 Å². The molecule has 4 heterocycles. The van der Waals surface area contributed by atoms with E-state index in [0.29, 0.717) is 6.92 Å². The van der Waals surface area contributed by atoms with Crippen LogP contribution in [0.1, 0.15) is 19.4 Å². The summed E-state index contributed by atoms with van der Waals surface area (Å²) in [5.41, 5.74) is -1.36. The van der Waals surface area contributed by atoms with Crippen LogP contribution in [0.5, 0.6) is 0 Å². The van der Waals surface area contributed by atoms with E-state index in [4.69, 9.17) is 0 Å². The maximum absolute atomic E-state index is 13.3. The molecule has 4 aromatic rings. The zero-order chi connectivity index (χ0) is 24.2. The first kappa shape index (κ1) is 22.8. The van der Waals surface area contributed by atoms with Crippen LogP contribution in [0, 0.1) is 0 Å². The minimum absolute atomic E-state index is 0.0310. The fourth-order valence-corrected chi connectivity index (χ4v) is 3.99. The van der Waals surface area contributed by atoms with Crippen LogP contribution in [0.3, 0.4) is 0 Å². The largest absolute Gasteiger partial charge is 0.416 e. The van der Waals surface area contributed by atoms with Gasteiger partial charge in [-0.2, -0.15) is 22.8 Å².